The van der Waals surface area contributed by atoms with Crippen LogP contribution < -0.4 is 0 Å². The number of aromatic nitrogens is 1. The molecule has 1 heterocycles. The molecule has 0 atom stereocenters. The van der Waals surface area contributed by atoms with E-state index in [2.05, 4.69) is 64.1 Å². The fraction of sp³-hybridized carbons (Fsp3) is 0.211. The van der Waals surface area contributed by atoms with E-state index in [9.17, 15) is 0 Å². The Kier molecular flexibility index (Phi) is 3.06. The normalized spacial score (nSPS) is 11.0. The van der Waals surface area contributed by atoms with Crippen molar-refractivity contribution in [2.75, 3.05) is 0 Å². The van der Waals surface area contributed by atoms with E-state index in [0.29, 0.717) is 0 Å². The van der Waals surface area contributed by atoms with Crippen LogP contribution in [0.2, 0.25) is 0 Å². The maximum absolute atomic E-state index is 4.84. The van der Waals surface area contributed by atoms with E-state index in [-0.39, 0.29) is 0 Å². The first kappa shape index (κ1) is 12.9. The number of para-hydroxylation sites is 1. The molecule has 0 spiro atoms. The van der Waals surface area contributed by atoms with Crippen molar-refractivity contribution in [3.8, 4) is 11.3 Å². The Balaban J connectivity index is 2.27. The summed E-state index contributed by atoms with van der Waals surface area (Å²) >= 11 is 0. The van der Waals surface area contributed by atoms with Gasteiger partial charge in [-0.3, -0.25) is 0 Å². The summed E-state index contributed by atoms with van der Waals surface area (Å²) in [5, 5.41) is 1.23. The molecule has 20 heavy (non-hydrogen) atoms. The number of pyridine rings is 1. The van der Waals surface area contributed by atoms with Gasteiger partial charge in [0.2, 0.25) is 0 Å². The van der Waals surface area contributed by atoms with Crippen LogP contribution in [0.5, 0.6) is 0 Å². The molecule has 0 amide bonds. The fourth-order valence-corrected chi connectivity index (χ4v) is 2.72. The van der Waals surface area contributed by atoms with Crippen molar-refractivity contribution < 1.29 is 0 Å². The van der Waals surface area contributed by atoms with E-state index in [0.717, 1.165) is 11.2 Å². The van der Waals surface area contributed by atoms with Gasteiger partial charge in [-0.05, 0) is 68.1 Å². The Morgan fingerprint density at radius 3 is 2.20 bits per heavy atom. The number of hydrogen-bond acceptors (Lipinski definition) is 1. The van der Waals surface area contributed by atoms with Gasteiger partial charge in [-0.1, -0.05) is 24.3 Å². The van der Waals surface area contributed by atoms with Crippen molar-refractivity contribution >= 4 is 10.9 Å². The van der Waals surface area contributed by atoms with Crippen molar-refractivity contribution in [1.82, 2.24) is 4.98 Å². The highest BCUT2D eigenvalue weighted by Gasteiger charge is 2.08. The molecule has 0 aliphatic carbocycles. The summed E-state index contributed by atoms with van der Waals surface area (Å²) in [4.78, 5) is 4.84. The van der Waals surface area contributed by atoms with Crippen molar-refractivity contribution in [2.24, 2.45) is 0 Å². The van der Waals surface area contributed by atoms with Crippen LogP contribution in [0.1, 0.15) is 22.3 Å². The lowest BCUT2D eigenvalue weighted by Gasteiger charge is -2.11. The van der Waals surface area contributed by atoms with Gasteiger partial charge in [0, 0.05) is 10.9 Å². The lowest BCUT2D eigenvalue weighted by molar-refractivity contribution is 1.27. The summed E-state index contributed by atoms with van der Waals surface area (Å²) in [7, 11) is 0. The third-order valence-electron chi connectivity index (χ3n) is 4.04. The molecule has 1 nitrogen and oxygen atoms in total. The van der Waals surface area contributed by atoms with Gasteiger partial charge in [-0.2, -0.15) is 0 Å². The second-order valence-corrected chi connectivity index (χ2v) is 5.59. The minimum absolute atomic E-state index is 1.07. The Morgan fingerprint density at radius 2 is 1.40 bits per heavy atom. The van der Waals surface area contributed by atoms with Crippen LogP contribution in [0.3, 0.4) is 0 Å². The van der Waals surface area contributed by atoms with E-state index in [1.165, 1.54) is 33.2 Å². The summed E-state index contributed by atoms with van der Waals surface area (Å²) in [6, 6.07) is 15.0. The average Bonchev–Trinajstić information content (AvgIpc) is 2.43. The zero-order valence-corrected chi connectivity index (χ0v) is 12.5. The van der Waals surface area contributed by atoms with Crippen LogP contribution in [0.25, 0.3) is 22.2 Å². The quantitative estimate of drug-likeness (QED) is 0.591. The first-order valence-electron chi connectivity index (χ1n) is 7.01. The Morgan fingerprint density at radius 1 is 0.700 bits per heavy atom. The van der Waals surface area contributed by atoms with E-state index >= 15 is 0 Å². The molecule has 1 aromatic heterocycles. The molecule has 0 aliphatic heterocycles. The lowest BCUT2D eigenvalue weighted by atomic mass is 9.97. The number of rotatable bonds is 1. The predicted molar refractivity (Wildman–Crippen MR) is 86.1 cm³/mol. The molecular formula is C19H19N. The maximum Gasteiger partial charge on any atom is 0.0715 e. The van der Waals surface area contributed by atoms with E-state index in [4.69, 9.17) is 4.98 Å². The number of benzene rings is 2. The smallest absolute Gasteiger partial charge is 0.0715 e. The van der Waals surface area contributed by atoms with Gasteiger partial charge >= 0.3 is 0 Å². The molecule has 0 fully saturated rings. The van der Waals surface area contributed by atoms with Gasteiger partial charge < -0.3 is 0 Å². The monoisotopic (exact) mass is 261 g/mol. The van der Waals surface area contributed by atoms with Crippen LogP contribution in [-0.4, -0.2) is 4.98 Å². The van der Waals surface area contributed by atoms with Crippen molar-refractivity contribution in [3.63, 3.8) is 0 Å². The zero-order chi connectivity index (χ0) is 14.3. The van der Waals surface area contributed by atoms with Crippen molar-refractivity contribution in [1.29, 1.82) is 0 Å². The Labute approximate surface area is 120 Å². The molecule has 100 valence electrons. The van der Waals surface area contributed by atoms with E-state index in [1.54, 1.807) is 0 Å². The summed E-state index contributed by atoms with van der Waals surface area (Å²) in [6.45, 7) is 8.63. The molecule has 0 bridgehead atoms. The molecular weight excluding hydrogens is 242 g/mol. The zero-order valence-electron chi connectivity index (χ0n) is 12.5. The molecule has 0 saturated heterocycles. The highest BCUT2D eigenvalue weighted by atomic mass is 14.7. The predicted octanol–water partition coefficient (Wildman–Crippen LogP) is 5.14. The molecule has 2 aromatic carbocycles. The minimum Gasteiger partial charge on any atom is -0.248 e. The second kappa shape index (κ2) is 4.75. The summed E-state index contributed by atoms with van der Waals surface area (Å²) in [5.41, 5.74) is 8.60. The number of fused-ring (bicyclic) bond motifs is 1. The van der Waals surface area contributed by atoms with Crippen LogP contribution in [0.4, 0.5) is 0 Å². The number of aryl methyl sites for hydroxylation is 4. The molecule has 0 radical (unpaired) electrons. The van der Waals surface area contributed by atoms with Gasteiger partial charge in [0.05, 0.1) is 11.2 Å². The third-order valence-corrected chi connectivity index (χ3v) is 4.04. The van der Waals surface area contributed by atoms with E-state index < -0.39 is 0 Å². The molecule has 0 unspecified atom stereocenters. The Bertz CT molecular complexity index is 800. The number of hydrogen-bond donors (Lipinski definition) is 0. The van der Waals surface area contributed by atoms with Gasteiger partial charge in [0.1, 0.15) is 0 Å². The molecule has 0 N–H and O–H groups in total. The SMILES string of the molecule is Cc1cc(C)c(-c2cc(C)c3ccccc3n2)cc1C. The molecule has 1 heteroatoms. The van der Waals surface area contributed by atoms with Gasteiger partial charge in [-0.15, -0.1) is 0 Å². The highest BCUT2D eigenvalue weighted by Crippen LogP contribution is 2.28. The Hall–Kier alpha value is -2.15. The lowest BCUT2D eigenvalue weighted by Crippen LogP contribution is -1.93. The van der Waals surface area contributed by atoms with E-state index in [1.807, 2.05) is 6.07 Å². The van der Waals surface area contributed by atoms with Crippen LogP contribution in [0.15, 0.2) is 42.5 Å². The molecule has 0 aliphatic rings. The second-order valence-electron chi connectivity index (χ2n) is 5.59. The first-order chi connectivity index (χ1) is 9.56. The van der Waals surface area contributed by atoms with Crippen LogP contribution in [0, 0.1) is 27.7 Å². The summed E-state index contributed by atoms with van der Waals surface area (Å²) in [5.74, 6) is 0. The average molecular weight is 261 g/mol. The first-order valence-corrected chi connectivity index (χ1v) is 7.01. The van der Waals surface area contributed by atoms with Gasteiger partial charge in [0.25, 0.3) is 0 Å². The molecule has 3 rings (SSSR count). The molecule has 0 saturated carbocycles. The van der Waals surface area contributed by atoms with Crippen LogP contribution in [-0.2, 0) is 0 Å². The van der Waals surface area contributed by atoms with Crippen LogP contribution >= 0.6 is 0 Å². The fourth-order valence-electron chi connectivity index (χ4n) is 2.72. The van der Waals surface area contributed by atoms with Crippen molar-refractivity contribution in [2.45, 2.75) is 27.7 Å². The van der Waals surface area contributed by atoms with Gasteiger partial charge in [-0.25, -0.2) is 4.98 Å². The topological polar surface area (TPSA) is 12.9 Å². The summed E-state index contributed by atoms with van der Waals surface area (Å²) < 4.78 is 0. The maximum atomic E-state index is 4.84. The minimum atomic E-state index is 1.07. The third kappa shape index (κ3) is 2.09. The largest absolute Gasteiger partial charge is 0.248 e. The van der Waals surface area contributed by atoms with Gasteiger partial charge in [0.15, 0.2) is 0 Å². The van der Waals surface area contributed by atoms with Crippen molar-refractivity contribution in [3.05, 3.63) is 64.7 Å². The standard InChI is InChI=1S/C19H19N/c1-12-9-14(3)17(10-13(12)2)19-11-15(4)16-7-5-6-8-18(16)20-19/h5-11H,1-4H3. The summed E-state index contributed by atoms with van der Waals surface area (Å²) in [6.07, 6.45) is 0. The highest BCUT2D eigenvalue weighted by molar-refractivity contribution is 5.85. The number of nitrogens with zero attached hydrogens (tertiary/aromatic N) is 1. The molecule has 3 aromatic rings.